The fraction of sp³-hybridized carbons (Fsp3) is 0.273. The van der Waals surface area contributed by atoms with Gasteiger partial charge >= 0.3 is 0 Å². The summed E-state index contributed by atoms with van der Waals surface area (Å²) in [4.78, 5) is 12.8. The molecule has 1 saturated carbocycles. The molecule has 1 fully saturated rings. The highest BCUT2D eigenvalue weighted by atomic mass is 79.9. The van der Waals surface area contributed by atoms with E-state index in [1.807, 2.05) is 49.4 Å². The van der Waals surface area contributed by atoms with Crippen molar-refractivity contribution in [2.24, 2.45) is 0 Å². The van der Waals surface area contributed by atoms with Gasteiger partial charge in [-0.3, -0.25) is 4.79 Å². The molecule has 29 heavy (non-hydrogen) atoms. The first-order chi connectivity index (χ1) is 14.0. The Kier molecular flexibility index (Phi) is 4.35. The molecule has 148 valence electrons. The number of hydrogen-bond donors (Lipinski definition) is 1. The number of anilines is 1. The molecule has 0 radical (unpaired) electrons. The van der Waals surface area contributed by atoms with Gasteiger partial charge in [-0.2, -0.15) is 5.10 Å². The molecule has 0 bridgehead atoms. The Labute approximate surface area is 177 Å². The minimum Gasteiger partial charge on any atom is -0.448 e. The Bertz CT molecular complexity index is 1090. The molecule has 6 nitrogen and oxygen atoms in total. The van der Waals surface area contributed by atoms with Gasteiger partial charge < -0.3 is 14.8 Å². The van der Waals surface area contributed by atoms with Crippen molar-refractivity contribution in [3.63, 3.8) is 0 Å². The summed E-state index contributed by atoms with van der Waals surface area (Å²) < 4.78 is 14.9. The predicted octanol–water partition coefficient (Wildman–Crippen LogP) is 5.24. The van der Waals surface area contributed by atoms with Gasteiger partial charge in [-0.1, -0.05) is 15.9 Å². The summed E-state index contributed by atoms with van der Waals surface area (Å²) in [6, 6.07) is 13.3. The van der Waals surface area contributed by atoms with Crippen LogP contribution in [0.3, 0.4) is 0 Å². The summed E-state index contributed by atoms with van der Waals surface area (Å²) >= 11 is 3.43. The van der Waals surface area contributed by atoms with E-state index in [-0.39, 0.29) is 5.91 Å². The first-order valence-corrected chi connectivity index (χ1v) is 10.5. The van der Waals surface area contributed by atoms with Crippen LogP contribution in [0.5, 0.6) is 11.5 Å². The van der Waals surface area contributed by atoms with Crippen molar-refractivity contribution in [3.05, 3.63) is 64.4 Å². The van der Waals surface area contributed by atoms with Gasteiger partial charge in [0.25, 0.3) is 11.7 Å². The van der Waals surface area contributed by atoms with Crippen LogP contribution in [0, 0.1) is 6.92 Å². The Morgan fingerprint density at radius 3 is 2.59 bits per heavy atom. The van der Waals surface area contributed by atoms with Crippen LogP contribution in [0.25, 0.3) is 5.69 Å². The third-order valence-electron chi connectivity index (χ3n) is 5.48. The minimum atomic E-state index is -0.507. The quantitative estimate of drug-likeness (QED) is 0.588. The Morgan fingerprint density at radius 1 is 1.10 bits per heavy atom. The van der Waals surface area contributed by atoms with Crippen LogP contribution in [-0.4, -0.2) is 21.5 Å². The molecule has 0 saturated heterocycles. The number of aromatic nitrogens is 2. The fourth-order valence-electron chi connectivity index (χ4n) is 3.96. The summed E-state index contributed by atoms with van der Waals surface area (Å²) in [5.41, 5.74) is 2.87. The predicted molar refractivity (Wildman–Crippen MR) is 113 cm³/mol. The molecule has 5 rings (SSSR count). The van der Waals surface area contributed by atoms with Crippen LogP contribution in [0.1, 0.15) is 41.7 Å². The number of carbonyl (C=O) groups excluding carboxylic acids is 1. The average molecular weight is 454 g/mol. The van der Waals surface area contributed by atoms with Gasteiger partial charge in [0.05, 0.1) is 23.1 Å². The second kappa shape index (κ2) is 6.91. The van der Waals surface area contributed by atoms with Crippen LogP contribution in [0.2, 0.25) is 0 Å². The molecule has 0 unspecified atom stereocenters. The highest BCUT2D eigenvalue weighted by Gasteiger charge is 2.44. The first-order valence-electron chi connectivity index (χ1n) is 9.67. The van der Waals surface area contributed by atoms with Crippen molar-refractivity contribution in [2.45, 2.75) is 38.4 Å². The molecule has 1 aromatic heterocycles. The number of nitrogens with one attached hydrogen (secondary N) is 1. The molecule has 1 N–H and O–H groups in total. The van der Waals surface area contributed by atoms with Gasteiger partial charge in [-0.25, -0.2) is 4.68 Å². The van der Waals surface area contributed by atoms with E-state index in [1.54, 1.807) is 10.9 Å². The van der Waals surface area contributed by atoms with Gasteiger partial charge in [0.2, 0.25) is 0 Å². The summed E-state index contributed by atoms with van der Waals surface area (Å²) in [7, 11) is 0. The lowest BCUT2D eigenvalue weighted by atomic mass is 10.2. The van der Waals surface area contributed by atoms with E-state index in [1.165, 1.54) is 0 Å². The fourth-order valence-corrected chi connectivity index (χ4v) is 4.23. The highest BCUT2D eigenvalue weighted by molar-refractivity contribution is 9.10. The van der Waals surface area contributed by atoms with Crippen LogP contribution in [0.15, 0.2) is 53.1 Å². The van der Waals surface area contributed by atoms with Crippen molar-refractivity contribution in [3.8, 4) is 17.2 Å². The largest absolute Gasteiger partial charge is 0.448 e. The summed E-state index contributed by atoms with van der Waals surface area (Å²) in [6.07, 6.45) is 5.61. The van der Waals surface area contributed by atoms with Gasteiger partial charge in [-0.15, -0.1) is 0 Å². The lowest BCUT2D eigenvalue weighted by molar-refractivity contribution is -0.0716. The number of benzene rings is 2. The number of carbonyl (C=O) groups is 1. The first kappa shape index (κ1) is 18.2. The van der Waals surface area contributed by atoms with Crippen LogP contribution in [0.4, 0.5) is 5.69 Å². The summed E-state index contributed by atoms with van der Waals surface area (Å²) in [5.74, 6) is 0.712. The normalized spacial score (nSPS) is 16.3. The second-order valence-electron chi connectivity index (χ2n) is 7.47. The molecule has 0 atom stereocenters. The van der Waals surface area contributed by atoms with Gasteiger partial charge in [-0.05, 0) is 56.2 Å². The molecule has 1 amide bonds. The number of fused-ring (bicyclic) bond motifs is 1. The summed E-state index contributed by atoms with van der Waals surface area (Å²) in [5, 5.41) is 7.33. The van der Waals surface area contributed by atoms with Crippen molar-refractivity contribution in [1.29, 1.82) is 0 Å². The Morgan fingerprint density at radius 2 is 1.83 bits per heavy atom. The van der Waals surface area contributed by atoms with E-state index in [0.29, 0.717) is 17.0 Å². The van der Waals surface area contributed by atoms with E-state index in [9.17, 15) is 4.79 Å². The Balaban J connectivity index is 1.35. The van der Waals surface area contributed by atoms with E-state index in [2.05, 4.69) is 26.3 Å². The number of halogens is 1. The zero-order chi connectivity index (χ0) is 20.0. The minimum absolute atomic E-state index is 0.208. The zero-order valence-corrected chi connectivity index (χ0v) is 17.5. The highest BCUT2D eigenvalue weighted by Crippen LogP contribution is 2.47. The topological polar surface area (TPSA) is 65.4 Å². The van der Waals surface area contributed by atoms with Crippen molar-refractivity contribution in [1.82, 2.24) is 9.78 Å². The number of nitrogens with zero attached hydrogens (tertiary/aromatic N) is 2. The third-order valence-corrected chi connectivity index (χ3v) is 6.01. The number of hydrogen-bond acceptors (Lipinski definition) is 4. The summed E-state index contributed by atoms with van der Waals surface area (Å²) in [6.45, 7) is 1.88. The van der Waals surface area contributed by atoms with E-state index in [4.69, 9.17) is 9.47 Å². The van der Waals surface area contributed by atoms with Crippen molar-refractivity contribution < 1.29 is 14.3 Å². The van der Waals surface area contributed by atoms with E-state index >= 15 is 0 Å². The maximum atomic E-state index is 12.8. The molecule has 3 aromatic rings. The maximum Gasteiger partial charge on any atom is 0.259 e. The monoisotopic (exact) mass is 453 g/mol. The molecule has 2 aromatic carbocycles. The zero-order valence-electron chi connectivity index (χ0n) is 15.9. The number of rotatable bonds is 3. The molecule has 1 aliphatic carbocycles. The number of ether oxygens (including phenoxy) is 2. The van der Waals surface area contributed by atoms with Gasteiger partial charge in [0.1, 0.15) is 0 Å². The molecule has 1 aliphatic heterocycles. The molecule has 2 heterocycles. The number of amides is 1. The molecular weight excluding hydrogens is 434 g/mol. The van der Waals surface area contributed by atoms with E-state index < -0.39 is 5.79 Å². The Hall–Kier alpha value is -2.80. The smallest absolute Gasteiger partial charge is 0.259 e. The lowest BCUT2D eigenvalue weighted by Crippen LogP contribution is -2.34. The lowest BCUT2D eigenvalue weighted by Gasteiger charge is -2.21. The standard InChI is InChI=1S/C22H20BrN3O3/c1-14-18(13-24-26(14)17-7-4-15(23)5-8-17)21(27)25-16-6-9-19-20(12-16)29-22(28-19)10-2-3-11-22/h4-9,12-13H,2-3,10-11H2,1H3,(H,25,27). The molecular formula is C22H20BrN3O3. The van der Waals surface area contributed by atoms with Gasteiger partial charge in [0.15, 0.2) is 11.5 Å². The SMILES string of the molecule is Cc1c(C(=O)Nc2ccc3c(c2)OC2(CCCC2)O3)cnn1-c1ccc(Br)cc1. The molecule has 2 aliphatic rings. The maximum absolute atomic E-state index is 12.8. The average Bonchev–Trinajstić information content (AvgIpc) is 3.41. The second-order valence-corrected chi connectivity index (χ2v) is 8.39. The van der Waals surface area contributed by atoms with Crippen molar-refractivity contribution >= 4 is 27.5 Å². The molecule has 1 spiro atoms. The van der Waals surface area contributed by atoms with E-state index in [0.717, 1.165) is 47.3 Å². The van der Waals surface area contributed by atoms with Crippen LogP contribution in [-0.2, 0) is 0 Å². The van der Waals surface area contributed by atoms with Crippen LogP contribution < -0.4 is 14.8 Å². The third kappa shape index (κ3) is 3.29. The van der Waals surface area contributed by atoms with Crippen LogP contribution >= 0.6 is 15.9 Å². The van der Waals surface area contributed by atoms with Crippen molar-refractivity contribution in [2.75, 3.05) is 5.32 Å². The molecule has 7 heteroatoms. The van der Waals surface area contributed by atoms with Gasteiger partial charge in [0, 0.05) is 29.1 Å².